The molecule has 1 N–H and O–H groups in total. The second kappa shape index (κ2) is 10.1. The Morgan fingerprint density at radius 3 is 2.48 bits per heavy atom. The maximum atomic E-state index is 12.4. The summed E-state index contributed by atoms with van der Waals surface area (Å²) in [7, 11) is 0. The van der Waals surface area contributed by atoms with Crippen molar-refractivity contribution in [2.45, 2.75) is 19.3 Å². The normalized spacial score (nSPS) is 21.5. The fourth-order valence-electron chi connectivity index (χ4n) is 3.86. The van der Waals surface area contributed by atoms with Crippen molar-refractivity contribution in [1.82, 2.24) is 15.1 Å². The van der Waals surface area contributed by atoms with Crippen molar-refractivity contribution >= 4 is 35.8 Å². The molecule has 1 aromatic carbocycles. The minimum atomic E-state index is -0.0322. The third-order valence-corrected chi connectivity index (χ3v) is 5.56. The summed E-state index contributed by atoms with van der Waals surface area (Å²) in [5, 5.41) is 3.42. The van der Waals surface area contributed by atoms with Crippen molar-refractivity contribution < 1.29 is 9.21 Å². The third kappa shape index (κ3) is 5.32. The molecule has 1 amide bonds. The van der Waals surface area contributed by atoms with Gasteiger partial charge in [-0.1, -0.05) is 30.3 Å². The first-order chi connectivity index (χ1) is 13.8. The standard InChI is InChI=1S/C22H28N4O2.HI/c1-2-23-22(24-16-18-15-19(18)17-7-4-3-5-8-17)26-12-10-25(11-13-26)21(27)20-9-6-14-28-20;/h3-9,14,18-19H,2,10-13,15-16H2,1H3,(H,23,24);1H. The molecule has 156 valence electrons. The van der Waals surface area contributed by atoms with E-state index in [4.69, 9.17) is 9.41 Å². The van der Waals surface area contributed by atoms with E-state index in [0.29, 0.717) is 30.7 Å². The number of carbonyl (C=O) groups is 1. The van der Waals surface area contributed by atoms with Gasteiger partial charge in [0, 0.05) is 39.3 Å². The van der Waals surface area contributed by atoms with Crippen LogP contribution in [0.3, 0.4) is 0 Å². The molecule has 0 radical (unpaired) electrons. The summed E-state index contributed by atoms with van der Waals surface area (Å²) in [6, 6.07) is 14.2. The van der Waals surface area contributed by atoms with Crippen LogP contribution in [0.15, 0.2) is 58.1 Å². The van der Waals surface area contributed by atoms with Gasteiger partial charge in [0.15, 0.2) is 11.7 Å². The Morgan fingerprint density at radius 2 is 1.83 bits per heavy atom. The summed E-state index contributed by atoms with van der Waals surface area (Å²) in [4.78, 5) is 21.4. The van der Waals surface area contributed by atoms with Gasteiger partial charge in [0.05, 0.1) is 6.26 Å². The van der Waals surface area contributed by atoms with E-state index in [1.165, 1.54) is 12.0 Å². The van der Waals surface area contributed by atoms with Crippen molar-refractivity contribution in [3.05, 3.63) is 60.1 Å². The number of guanidine groups is 1. The summed E-state index contributed by atoms with van der Waals surface area (Å²) in [5.74, 6) is 2.63. The molecule has 1 aliphatic carbocycles. The predicted molar refractivity (Wildman–Crippen MR) is 125 cm³/mol. The number of amides is 1. The molecule has 2 fully saturated rings. The smallest absolute Gasteiger partial charge is 0.289 e. The van der Waals surface area contributed by atoms with E-state index in [1.807, 2.05) is 4.90 Å². The molecule has 1 saturated heterocycles. The quantitative estimate of drug-likeness (QED) is 0.382. The van der Waals surface area contributed by atoms with Gasteiger partial charge in [-0.25, -0.2) is 0 Å². The monoisotopic (exact) mass is 508 g/mol. The Morgan fingerprint density at radius 1 is 1.10 bits per heavy atom. The number of halogens is 1. The lowest BCUT2D eigenvalue weighted by atomic mass is 10.1. The Bertz CT molecular complexity index is 801. The van der Waals surface area contributed by atoms with Crippen molar-refractivity contribution in [1.29, 1.82) is 0 Å². The Balaban J connectivity index is 0.00000240. The SMILES string of the molecule is CCNC(=NCC1CC1c1ccccc1)N1CCN(C(=O)c2ccco2)CC1.I. The van der Waals surface area contributed by atoms with Gasteiger partial charge in [-0.3, -0.25) is 9.79 Å². The zero-order valence-corrected chi connectivity index (χ0v) is 19.1. The summed E-state index contributed by atoms with van der Waals surface area (Å²) in [5.41, 5.74) is 1.43. The number of hydrogen-bond acceptors (Lipinski definition) is 3. The molecule has 2 aliphatic rings. The van der Waals surface area contributed by atoms with Crippen molar-refractivity contribution in [3.8, 4) is 0 Å². The first-order valence-corrected chi connectivity index (χ1v) is 10.2. The van der Waals surface area contributed by atoms with Gasteiger partial charge in [0.25, 0.3) is 5.91 Å². The van der Waals surface area contributed by atoms with E-state index in [9.17, 15) is 4.79 Å². The first-order valence-electron chi connectivity index (χ1n) is 10.2. The molecule has 0 bridgehead atoms. The number of furan rings is 1. The van der Waals surface area contributed by atoms with E-state index in [0.717, 1.165) is 32.1 Å². The summed E-state index contributed by atoms with van der Waals surface area (Å²) < 4.78 is 5.24. The van der Waals surface area contributed by atoms with E-state index >= 15 is 0 Å². The molecule has 1 saturated carbocycles. The van der Waals surface area contributed by atoms with Crippen molar-refractivity contribution in [3.63, 3.8) is 0 Å². The van der Waals surface area contributed by atoms with Gasteiger partial charge in [0.2, 0.25) is 0 Å². The summed E-state index contributed by atoms with van der Waals surface area (Å²) in [6.07, 6.45) is 2.76. The van der Waals surface area contributed by atoms with Crippen LogP contribution in [0.2, 0.25) is 0 Å². The Hall–Kier alpha value is -2.03. The highest BCUT2D eigenvalue weighted by Crippen LogP contribution is 2.47. The van der Waals surface area contributed by atoms with Gasteiger partial charge >= 0.3 is 0 Å². The fraction of sp³-hybridized carbons (Fsp3) is 0.455. The maximum Gasteiger partial charge on any atom is 0.289 e. The number of piperazine rings is 1. The molecule has 4 rings (SSSR count). The van der Waals surface area contributed by atoms with Crippen LogP contribution in [0.25, 0.3) is 0 Å². The number of aliphatic imine (C=N–C) groups is 1. The van der Waals surface area contributed by atoms with Crippen LogP contribution >= 0.6 is 24.0 Å². The van der Waals surface area contributed by atoms with Crippen LogP contribution in [0.4, 0.5) is 0 Å². The van der Waals surface area contributed by atoms with Gasteiger partial charge in [-0.15, -0.1) is 24.0 Å². The zero-order valence-electron chi connectivity index (χ0n) is 16.8. The molecule has 29 heavy (non-hydrogen) atoms. The molecular formula is C22H29IN4O2. The fourth-order valence-corrected chi connectivity index (χ4v) is 3.86. The lowest BCUT2D eigenvalue weighted by Crippen LogP contribution is -2.53. The van der Waals surface area contributed by atoms with Crippen molar-refractivity contribution in [2.75, 3.05) is 39.3 Å². The first kappa shape index (κ1) is 21.7. The number of nitrogens with one attached hydrogen (secondary N) is 1. The molecule has 2 aromatic rings. The highest BCUT2D eigenvalue weighted by Gasteiger charge is 2.38. The number of benzene rings is 1. The molecule has 2 unspecified atom stereocenters. The third-order valence-electron chi connectivity index (χ3n) is 5.56. The molecule has 6 nitrogen and oxygen atoms in total. The summed E-state index contributed by atoms with van der Waals surface area (Å²) in [6.45, 7) is 6.72. The van der Waals surface area contributed by atoms with Gasteiger partial charge in [-0.2, -0.15) is 0 Å². The molecule has 7 heteroatoms. The molecule has 1 aromatic heterocycles. The lowest BCUT2D eigenvalue weighted by molar-refractivity contribution is 0.0657. The van der Waals surface area contributed by atoms with E-state index < -0.39 is 0 Å². The van der Waals surface area contributed by atoms with Crippen LogP contribution < -0.4 is 5.32 Å². The van der Waals surface area contributed by atoms with E-state index in [1.54, 1.807) is 18.4 Å². The Kier molecular flexibility index (Phi) is 7.57. The largest absolute Gasteiger partial charge is 0.459 e. The lowest BCUT2D eigenvalue weighted by Gasteiger charge is -2.36. The van der Waals surface area contributed by atoms with E-state index in [2.05, 4.69) is 47.5 Å². The second-order valence-corrected chi connectivity index (χ2v) is 7.46. The minimum absolute atomic E-state index is 0. The number of hydrogen-bond donors (Lipinski definition) is 1. The van der Waals surface area contributed by atoms with Crippen LogP contribution in [-0.2, 0) is 0 Å². The van der Waals surface area contributed by atoms with Gasteiger partial charge in [0.1, 0.15) is 0 Å². The van der Waals surface area contributed by atoms with Gasteiger partial charge in [-0.05, 0) is 42.9 Å². The highest BCUT2D eigenvalue weighted by molar-refractivity contribution is 14.0. The predicted octanol–water partition coefficient (Wildman–Crippen LogP) is 3.42. The number of nitrogens with zero attached hydrogens (tertiary/aromatic N) is 3. The molecule has 2 heterocycles. The van der Waals surface area contributed by atoms with Gasteiger partial charge < -0.3 is 19.5 Å². The average molecular weight is 508 g/mol. The topological polar surface area (TPSA) is 61.1 Å². The van der Waals surface area contributed by atoms with Crippen molar-refractivity contribution in [2.24, 2.45) is 10.9 Å². The van der Waals surface area contributed by atoms with Crippen LogP contribution in [0.1, 0.15) is 35.4 Å². The Labute approximate surface area is 189 Å². The second-order valence-electron chi connectivity index (χ2n) is 7.46. The van der Waals surface area contributed by atoms with Crippen LogP contribution in [0.5, 0.6) is 0 Å². The molecule has 2 atom stereocenters. The molecule has 0 spiro atoms. The minimum Gasteiger partial charge on any atom is -0.459 e. The average Bonchev–Trinajstić information content (AvgIpc) is 3.31. The number of rotatable bonds is 5. The number of carbonyl (C=O) groups excluding carboxylic acids is 1. The highest BCUT2D eigenvalue weighted by atomic mass is 127. The summed E-state index contributed by atoms with van der Waals surface area (Å²) >= 11 is 0. The van der Waals surface area contributed by atoms with Crippen LogP contribution in [-0.4, -0.2) is 60.9 Å². The molecular weight excluding hydrogens is 479 g/mol. The maximum absolute atomic E-state index is 12.4. The zero-order chi connectivity index (χ0) is 19.3. The van der Waals surface area contributed by atoms with E-state index in [-0.39, 0.29) is 29.9 Å². The van der Waals surface area contributed by atoms with Crippen LogP contribution in [0, 0.1) is 5.92 Å². The molecule has 1 aliphatic heterocycles.